The number of morpholine rings is 1. The van der Waals surface area contributed by atoms with E-state index in [1.807, 2.05) is 58.0 Å². The van der Waals surface area contributed by atoms with Crippen LogP contribution in [0.15, 0.2) is 70.1 Å². The maximum absolute atomic E-state index is 13.7. The van der Waals surface area contributed by atoms with Crippen LogP contribution in [0.2, 0.25) is 0 Å². The number of pyridine rings is 1. The van der Waals surface area contributed by atoms with Gasteiger partial charge in [-0.25, -0.2) is 0 Å². The third-order valence-electron chi connectivity index (χ3n) is 7.93. The number of hydrogen-bond donors (Lipinski definition) is 2. The van der Waals surface area contributed by atoms with Gasteiger partial charge in [-0.3, -0.25) is 19.3 Å². The second-order valence-corrected chi connectivity index (χ2v) is 10.9. The van der Waals surface area contributed by atoms with Crippen molar-refractivity contribution in [3.63, 3.8) is 0 Å². The number of amides is 2. The van der Waals surface area contributed by atoms with Crippen molar-refractivity contribution >= 4 is 17.5 Å². The summed E-state index contributed by atoms with van der Waals surface area (Å²) in [5.41, 5.74) is 6.49. The van der Waals surface area contributed by atoms with Gasteiger partial charge < -0.3 is 24.4 Å². The topological polar surface area (TPSA) is 108 Å². The van der Waals surface area contributed by atoms with Crippen LogP contribution in [0.5, 0.6) is 0 Å². The molecule has 1 aliphatic rings. The van der Waals surface area contributed by atoms with Crippen molar-refractivity contribution in [2.24, 2.45) is 0 Å². The highest BCUT2D eigenvalue weighted by Crippen LogP contribution is 2.32. The van der Waals surface area contributed by atoms with Crippen LogP contribution in [-0.2, 0) is 17.8 Å². The first-order valence-corrected chi connectivity index (χ1v) is 14.6. The zero-order valence-corrected chi connectivity index (χ0v) is 25.2. The van der Waals surface area contributed by atoms with Crippen molar-refractivity contribution in [2.75, 3.05) is 37.7 Å². The van der Waals surface area contributed by atoms with Crippen LogP contribution in [0.1, 0.15) is 55.8 Å². The quantitative estimate of drug-likeness (QED) is 0.288. The number of rotatable bonds is 9. The molecule has 2 aromatic carbocycles. The zero-order valence-electron chi connectivity index (χ0n) is 25.2. The summed E-state index contributed by atoms with van der Waals surface area (Å²) in [5, 5.41) is 2.93. The molecule has 0 spiro atoms. The summed E-state index contributed by atoms with van der Waals surface area (Å²) in [6.45, 7) is 12.0. The molecule has 9 heteroatoms. The molecule has 1 aliphatic heterocycles. The Morgan fingerprint density at radius 1 is 1.00 bits per heavy atom. The third kappa shape index (κ3) is 6.79. The molecule has 224 valence electrons. The molecular weight excluding hydrogens is 544 g/mol. The maximum Gasteiger partial charge on any atom is 0.293 e. The highest BCUT2D eigenvalue weighted by Gasteiger charge is 2.24. The summed E-state index contributed by atoms with van der Waals surface area (Å²) in [6.07, 6.45) is 1.47. The smallest absolute Gasteiger partial charge is 0.293 e. The van der Waals surface area contributed by atoms with E-state index < -0.39 is 0 Å². The monoisotopic (exact) mass is 582 g/mol. The fraction of sp³-hybridized carbons (Fsp3) is 0.324. The van der Waals surface area contributed by atoms with Gasteiger partial charge >= 0.3 is 0 Å². The van der Waals surface area contributed by atoms with Crippen molar-refractivity contribution in [3.8, 4) is 11.1 Å². The summed E-state index contributed by atoms with van der Waals surface area (Å²) < 4.78 is 10.9. The molecule has 0 unspecified atom stereocenters. The molecule has 43 heavy (non-hydrogen) atoms. The van der Waals surface area contributed by atoms with E-state index in [-0.39, 0.29) is 29.7 Å². The van der Waals surface area contributed by atoms with Gasteiger partial charge in [0.1, 0.15) is 0 Å². The van der Waals surface area contributed by atoms with Gasteiger partial charge in [0.2, 0.25) is 0 Å². The van der Waals surface area contributed by atoms with Crippen LogP contribution < -0.4 is 15.8 Å². The van der Waals surface area contributed by atoms with Gasteiger partial charge in [0, 0.05) is 55.2 Å². The minimum absolute atomic E-state index is 0.0817. The summed E-state index contributed by atoms with van der Waals surface area (Å²) >= 11 is 0. The molecule has 9 nitrogen and oxygen atoms in total. The summed E-state index contributed by atoms with van der Waals surface area (Å²) in [6, 6.07) is 17.3. The predicted octanol–water partition coefficient (Wildman–Crippen LogP) is 4.99. The number of nitrogens with one attached hydrogen (secondary N) is 2. The van der Waals surface area contributed by atoms with Crippen molar-refractivity contribution in [1.29, 1.82) is 0 Å². The molecule has 0 saturated carbocycles. The van der Waals surface area contributed by atoms with Gasteiger partial charge in [-0.1, -0.05) is 24.3 Å². The molecular formula is C34H38N4O5. The Hall–Kier alpha value is -4.47. The summed E-state index contributed by atoms with van der Waals surface area (Å²) in [7, 11) is 0. The van der Waals surface area contributed by atoms with Crippen LogP contribution in [-0.4, -0.2) is 54.5 Å². The number of carbonyl (C=O) groups is 2. The fourth-order valence-corrected chi connectivity index (χ4v) is 5.52. The molecule has 1 saturated heterocycles. The minimum Gasteiger partial charge on any atom is -0.459 e. The van der Waals surface area contributed by atoms with Crippen LogP contribution in [0.25, 0.3) is 11.1 Å². The number of aromatic nitrogens is 1. The van der Waals surface area contributed by atoms with E-state index in [2.05, 4.69) is 27.3 Å². The van der Waals surface area contributed by atoms with Gasteiger partial charge in [-0.15, -0.1) is 0 Å². The van der Waals surface area contributed by atoms with E-state index in [9.17, 15) is 14.4 Å². The van der Waals surface area contributed by atoms with Crippen LogP contribution in [0.3, 0.4) is 0 Å². The van der Waals surface area contributed by atoms with Crippen LogP contribution in [0.4, 0.5) is 5.69 Å². The average Bonchev–Trinajstić information content (AvgIpc) is 3.54. The van der Waals surface area contributed by atoms with Gasteiger partial charge in [-0.2, -0.15) is 0 Å². The van der Waals surface area contributed by atoms with Crippen molar-refractivity contribution in [2.45, 2.75) is 40.8 Å². The number of ether oxygens (including phenoxy) is 1. The molecule has 0 bridgehead atoms. The number of benzene rings is 2. The number of carbonyl (C=O) groups excluding carboxylic acids is 2. The second-order valence-electron chi connectivity index (χ2n) is 10.9. The van der Waals surface area contributed by atoms with E-state index in [1.54, 1.807) is 17.0 Å². The number of nitrogens with zero attached hydrogens (tertiary/aromatic N) is 2. The lowest BCUT2D eigenvalue weighted by atomic mass is 9.95. The van der Waals surface area contributed by atoms with Crippen LogP contribution in [0, 0.1) is 20.8 Å². The number of aryl methyl sites for hydroxylation is 2. The molecule has 1 fully saturated rings. The Labute approximate surface area is 251 Å². The van der Waals surface area contributed by atoms with E-state index in [0.717, 1.165) is 55.2 Å². The Balaban J connectivity index is 1.49. The third-order valence-corrected chi connectivity index (χ3v) is 7.93. The largest absolute Gasteiger partial charge is 0.459 e. The SMILES string of the molecule is CCN(C(=O)c1ccco1)c1cc(-c2ccc(CN3CCOCC3)cc2)cc(C(=O)NCc2c(C)cc(C)[nH]c2=O)c1C. The van der Waals surface area contributed by atoms with Crippen molar-refractivity contribution in [3.05, 3.63) is 110 Å². The highest BCUT2D eigenvalue weighted by atomic mass is 16.5. The number of anilines is 1. The van der Waals surface area contributed by atoms with Crippen molar-refractivity contribution in [1.82, 2.24) is 15.2 Å². The molecule has 4 aromatic rings. The standard InChI is InChI=1S/C34H38N4O5/c1-5-38(34(41)31-7-6-14-43-31)30-19-27(26-10-8-25(9-11-26)21-37-12-15-42-16-13-37)18-28(24(30)4)32(39)35-20-29-22(2)17-23(3)36-33(29)40/h6-11,14,17-19H,5,12-13,15-16,20-21H2,1-4H3,(H,35,39)(H,36,40). The molecule has 2 aromatic heterocycles. The van der Waals surface area contributed by atoms with E-state index in [0.29, 0.717) is 28.9 Å². The molecule has 5 rings (SSSR count). The molecule has 2 amide bonds. The van der Waals surface area contributed by atoms with Gasteiger partial charge in [0.15, 0.2) is 5.76 Å². The van der Waals surface area contributed by atoms with Crippen LogP contribution >= 0.6 is 0 Å². The highest BCUT2D eigenvalue weighted by molar-refractivity contribution is 6.07. The summed E-state index contributed by atoms with van der Waals surface area (Å²) in [5.74, 6) is -0.397. The average molecular weight is 583 g/mol. The molecule has 3 heterocycles. The first-order chi connectivity index (χ1) is 20.7. The van der Waals surface area contributed by atoms with Crippen molar-refractivity contribution < 1.29 is 18.7 Å². The number of aromatic amines is 1. The first-order valence-electron chi connectivity index (χ1n) is 14.6. The normalized spacial score (nSPS) is 13.6. The maximum atomic E-state index is 13.7. The molecule has 2 N–H and O–H groups in total. The predicted molar refractivity (Wildman–Crippen MR) is 166 cm³/mol. The zero-order chi connectivity index (χ0) is 30.5. The Kier molecular flexibility index (Phi) is 9.23. The van der Waals surface area contributed by atoms with E-state index in [1.165, 1.54) is 11.8 Å². The Morgan fingerprint density at radius 3 is 2.40 bits per heavy atom. The number of hydrogen-bond acceptors (Lipinski definition) is 6. The number of furan rings is 1. The fourth-order valence-electron chi connectivity index (χ4n) is 5.52. The Morgan fingerprint density at radius 2 is 1.74 bits per heavy atom. The van der Waals surface area contributed by atoms with Gasteiger partial charge in [0.05, 0.1) is 19.5 Å². The summed E-state index contributed by atoms with van der Waals surface area (Å²) in [4.78, 5) is 46.5. The molecule has 0 atom stereocenters. The second kappa shape index (κ2) is 13.2. The Bertz CT molecular complexity index is 1650. The van der Waals surface area contributed by atoms with Gasteiger partial charge in [-0.05, 0) is 85.8 Å². The molecule has 0 aliphatic carbocycles. The van der Waals surface area contributed by atoms with Gasteiger partial charge in [0.25, 0.3) is 17.4 Å². The minimum atomic E-state index is -0.328. The molecule has 0 radical (unpaired) electrons. The lowest BCUT2D eigenvalue weighted by molar-refractivity contribution is 0.0342. The lowest BCUT2D eigenvalue weighted by Crippen LogP contribution is -2.35. The van der Waals surface area contributed by atoms with E-state index in [4.69, 9.17) is 9.15 Å². The first kappa shape index (κ1) is 30.0. The van der Waals surface area contributed by atoms with E-state index >= 15 is 0 Å². The lowest BCUT2D eigenvalue weighted by Gasteiger charge is -2.26. The number of H-pyrrole nitrogens is 1.